The Balaban J connectivity index is 2.18. The van der Waals surface area contributed by atoms with Crippen LogP contribution in [0.4, 0.5) is 0 Å². The van der Waals surface area contributed by atoms with E-state index in [0.717, 1.165) is 11.9 Å². The van der Waals surface area contributed by atoms with Crippen LogP contribution in [0.3, 0.4) is 0 Å². The van der Waals surface area contributed by atoms with E-state index >= 15 is 0 Å². The van der Waals surface area contributed by atoms with E-state index in [1.54, 1.807) is 0 Å². The van der Waals surface area contributed by atoms with Crippen molar-refractivity contribution in [3.8, 4) is 0 Å². The molecule has 0 bridgehead atoms. The Morgan fingerprint density at radius 1 is 1.40 bits per heavy atom. The summed E-state index contributed by atoms with van der Waals surface area (Å²) < 4.78 is 0. The number of fused-ring (bicyclic) bond motifs is 1. The number of H-pyrrole nitrogens is 1. The second-order valence-corrected chi connectivity index (χ2v) is 3.78. The molecule has 3 nitrogen and oxygen atoms in total. The topological polar surface area (TPSA) is 45.2 Å². The number of thiocarbonyl (C=S) groups is 1. The van der Waals surface area contributed by atoms with Gasteiger partial charge in [0, 0.05) is 23.5 Å². The van der Waals surface area contributed by atoms with Crippen LogP contribution >= 0.6 is 12.2 Å². The molecule has 2 aromatic rings. The lowest BCUT2D eigenvalue weighted by Crippen LogP contribution is -1.99. The van der Waals surface area contributed by atoms with Gasteiger partial charge in [0.2, 0.25) is 5.05 Å². The number of aromatic nitrogens is 1. The number of aryl methyl sites for hydroxylation is 1. The number of rotatable bonds is 3. The Hall–Kier alpha value is -1.39. The van der Waals surface area contributed by atoms with Crippen LogP contribution in [0.25, 0.3) is 10.9 Å². The molecule has 0 aliphatic heterocycles. The summed E-state index contributed by atoms with van der Waals surface area (Å²) in [6.45, 7) is 0. The van der Waals surface area contributed by atoms with Gasteiger partial charge in [-0.05, 0) is 30.3 Å². The summed E-state index contributed by atoms with van der Waals surface area (Å²) >= 11 is 4.77. The highest BCUT2D eigenvalue weighted by molar-refractivity contribution is 7.80. The molecule has 2 N–H and O–H groups in total. The summed E-state index contributed by atoms with van der Waals surface area (Å²) in [6.07, 6.45) is 3.28. The van der Waals surface area contributed by atoms with Gasteiger partial charge in [0.15, 0.2) is 0 Å². The molecule has 0 aliphatic carbocycles. The van der Waals surface area contributed by atoms with Crippen LogP contribution in [-0.2, 0) is 11.3 Å². The maximum absolute atomic E-state index is 8.33. The predicted octanol–water partition coefficient (Wildman–Crippen LogP) is 2.92. The standard InChI is InChI=1S/C11H11NO2S/c13-14-11(15)6-5-8-7-12-10-4-2-1-3-9(8)10/h1-4,7,12-13H,5-6H2. The Morgan fingerprint density at radius 3 is 3.00 bits per heavy atom. The smallest absolute Gasteiger partial charge is 0.205 e. The van der Waals surface area contributed by atoms with E-state index in [-0.39, 0.29) is 5.05 Å². The van der Waals surface area contributed by atoms with Crippen molar-refractivity contribution >= 4 is 28.2 Å². The molecule has 1 heterocycles. The first-order valence-electron chi connectivity index (χ1n) is 4.70. The van der Waals surface area contributed by atoms with Crippen LogP contribution in [0, 0.1) is 0 Å². The highest BCUT2D eigenvalue weighted by Crippen LogP contribution is 2.19. The van der Waals surface area contributed by atoms with Crippen LogP contribution in [0.1, 0.15) is 12.0 Å². The first-order chi connectivity index (χ1) is 7.31. The molecular weight excluding hydrogens is 210 g/mol. The third kappa shape index (κ3) is 2.16. The molecule has 78 valence electrons. The van der Waals surface area contributed by atoms with Gasteiger partial charge in [0.1, 0.15) is 0 Å². The Bertz CT molecular complexity index is 478. The third-order valence-electron chi connectivity index (χ3n) is 2.38. The first-order valence-corrected chi connectivity index (χ1v) is 5.11. The maximum atomic E-state index is 8.33. The van der Waals surface area contributed by atoms with Gasteiger partial charge in [-0.3, -0.25) is 0 Å². The zero-order valence-electron chi connectivity index (χ0n) is 8.06. The predicted molar refractivity (Wildman–Crippen MR) is 62.9 cm³/mol. The molecule has 4 heteroatoms. The summed E-state index contributed by atoms with van der Waals surface area (Å²) in [5.74, 6) is 0. The Labute approximate surface area is 92.6 Å². The highest BCUT2D eigenvalue weighted by atomic mass is 32.1. The fourth-order valence-electron chi connectivity index (χ4n) is 1.62. The molecule has 15 heavy (non-hydrogen) atoms. The molecule has 0 unspecified atom stereocenters. The van der Waals surface area contributed by atoms with Crippen molar-refractivity contribution in [1.29, 1.82) is 0 Å². The Kier molecular flexibility index (Phi) is 2.99. The van der Waals surface area contributed by atoms with Gasteiger partial charge in [0.05, 0.1) is 0 Å². The number of hydrogen-bond acceptors (Lipinski definition) is 3. The summed E-state index contributed by atoms with van der Waals surface area (Å²) in [6, 6.07) is 8.08. The SMILES string of the molecule is OOC(=S)CCc1c[nH]c2ccccc12. The van der Waals surface area contributed by atoms with Gasteiger partial charge in [-0.15, -0.1) is 0 Å². The maximum Gasteiger partial charge on any atom is 0.205 e. The summed E-state index contributed by atoms with van der Waals surface area (Å²) in [5.41, 5.74) is 2.30. The number of para-hydroxylation sites is 1. The van der Waals surface area contributed by atoms with Gasteiger partial charge in [-0.2, -0.15) is 0 Å². The molecule has 0 amide bonds. The zero-order chi connectivity index (χ0) is 10.7. The molecule has 0 aliphatic rings. The van der Waals surface area contributed by atoms with Crippen molar-refractivity contribution in [1.82, 2.24) is 4.98 Å². The highest BCUT2D eigenvalue weighted by Gasteiger charge is 2.04. The molecule has 1 aromatic carbocycles. The molecule has 1 aromatic heterocycles. The second-order valence-electron chi connectivity index (χ2n) is 3.32. The zero-order valence-corrected chi connectivity index (χ0v) is 8.88. The van der Waals surface area contributed by atoms with E-state index in [2.05, 4.69) is 15.9 Å². The van der Waals surface area contributed by atoms with Gasteiger partial charge < -0.3 is 9.87 Å². The van der Waals surface area contributed by atoms with Crippen molar-refractivity contribution in [2.45, 2.75) is 12.8 Å². The van der Waals surface area contributed by atoms with Crippen LogP contribution in [0.2, 0.25) is 0 Å². The van der Waals surface area contributed by atoms with Crippen molar-refractivity contribution in [3.63, 3.8) is 0 Å². The monoisotopic (exact) mass is 221 g/mol. The minimum atomic E-state index is 0.222. The minimum Gasteiger partial charge on any atom is -0.361 e. The molecule has 2 rings (SSSR count). The minimum absolute atomic E-state index is 0.222. The van der Waals surface area contributed by atoms with Crippen molar-refractivity contribution < 1.29 is 10.1 Å². The average molecular weight is 221 g/mol. The number of nitrogens with one attached hydrogen (secondary N) is 1. The van der Waals surface area contributed by atoms with E-state index in [1.165, 1.54) is 10.9 Å². The van der Waals surface area contributed by atoms with Crippen molar-refractivity contribution in [2.24, 2.45) is 0 Å². The van der Waals surface area contributed by atoms with Gasteiger partial charge in [-0.1, -0.05) is 18.2 Å². The Morgan fingerprint density at radius 2 is 2.20 bits per heavy atom. The molecular formula is C11H11NO2S. The van der Waals surface area contributed by atoms with E-state index < -0.39 is 0 Å². The summed E-state index contributed by atoms with van der Waals surface area (Å²) in [4.78, 5) is 7.17. The number of hydrogen-bond donors (Lipinski definition) is 2. The summed E-state index contributed by atoms with van der Waals surface area (Å²) in [7, 11) is 0. The van der Waals surface area contributed by atoms with E-state index in [9.17, 15) is 0 Å². The van der Waals surface area contributed by atoms with Crippen molar-refractivity contribution in [3.05, 3.63) is 36.0 Å². The first kappa shape index (κ1) is 10.1. The quantitative estimate of drug-likeness (QED) is 0.476. The lowest BCUT2D eigenvalue weighted by Gasteiger charge is -1.99. The number of benzene rings is 1. The molecule has 0 saturated carbocycles. The van der Waals surface area contributed by atoms with Crippen LogP contribution in [0.5, 0.6) is 0 Å². The van der Waals surface area contributed by atoms with Crippen molar-refractivity contribution in [2.75, 3.05) is 0 Å². The van der Waals surface area contributed by atoms with Gasteiger partial charge in [0.25, 0.3) is 0 Å². The lowest BCUT2D eigenvalue weighted by atomic mass is 10.1. The number of aromatic amines is 1. The molecule has 0 atom stereocenters. The van der Waals surface area contributed by atoms with Crippen LogP contribution in [0.15, 0.2) is 30.5 Å². The fourth-order valence-corrected chi connectivity index (χ4v) is 1.72. The van der Waals surface area contributed by atoms with Crippen LogP contribution in [-0.4, -0.2) is 15.3 Å². The molecule has 0 spiro atoms. The lowest BCUT2D eigenvalue weighted by molar-refractivity contribution is -0.153. The second kappa shape index (κ2) is 4.42. The van der Waals surface area contributed by atoms with E-state index in [0.29, 0.717) is 6.42 Å². The van der Waals surface area contributed by atoms with Crippen LogP contribution < -0.4 is 0 Å². The summed E-state index contributed by atoms with van der Waals surface area (Å²) in [5, 5.41) is 9.74. The molecule has 0 radical (unpaired) electrons. The van der Waals surface area contributed by atoms with Gasteiger partial charge >= 0.3 is 0 Å². The fraction of sp³-hybridized carbons (Fsp3) is 0.182. The molecule has 0 saturated heterocycles. The van der Waals surface area contributed by atoms with E-state index in [4.69, 9.17) is 17.5 Å². The van der Waals surface area contributed by atoms with Gasteiger partial charge in [-0.25, -0.2) is 5.26 Å². The van der Waals surface area contributed by atoms with E-state index in [1.807, 2.05) is 24.4 Å². The average Bonchev–Trinajstić information content (AvgIpc) is 2.69. The third-order valence-corrected chi connectivity index (χ3v) is 2.65. The normalized spacial score (nSPS) is 10.5. The largest absolute Gasteiger partial charge is 0.361 e. The molecule has 0 fully saturated rings.